The number of hydrogen-bond acceptors (Lipinski definition) is 2. The van der Waals surface area contributed by atoms with Gasteiger partial charge >= 0.3 is 0 Å². The molecule has 22 heavy (non-hydrogen) atoms. The Bertz CT molecular complexity index is 611. The number of halogens is 1. The molecule has 2 N–H and O–H groups in total. The zero-order valence-corrected chi connectivity index (χ0v) is 12.7. The summed E-state index contributed by atoms with van der Waals surface area (Å²) in [5.74, 6) is -0.214. The summed E-state index contributed by atoms with van der Waals surface area (Å²) < 4.78 is 12.8. The van der Waals surface area contributed by atoms with Crippen LogP contribution in [0.5, 0.6) is 0 Å². The molecule has 0 aliphatic rings. The van der Waals surface area contributed by atoms with Gasteiger partial charge in [-0.3, -0.25) is 4.79 Å². The molecule has 4 heteroatoms. The molecule has 1 amide bonds. The minimum absolute atomic E-state index is 0.0230. The van der Waals surface area contributed by atoms with Crippen LogP contribution in [0.1, 0.15) is 23.1 Å². The number of rotatable bonds is 7. The van der Waals surface area contributed by atoms with Crippen LogP contribution < -0.4 is 10.6 Å². The average molecular weight is 300 g/mol. The monoisotopic (exact) mass is 300 g/mol. The number of benzene rings is 2. The second-order valence-electron chi connectivity index (χ2n) is 5.26. The summed E-state index contributed by atoms with van der Waals surface area (Å²) in [5.41, 5.74) is 3.31. The smallest absolute Gasteiger partial charge is 0.221 e. The Hall–Kier alpha value is -2.20. The summed E-state index contributed by atoms with van der Waals surface area (Å²) in [4.78, 5) is 11.8. The third-order valence-electron chi connectivity index (χ3n) is 3.51. The SMILES string of the molecule is Cc1ccccc1CNC(=O)CCNCc1ccc(F)cc1. The summed E-state index contributed by atoms with van der Waals surface area (Å²) in [7, 11) is 0. The number of amides is 1. The predicted octanol–water partition coefficient (Wildman–Crippen LogP) is 2.93. The van der Waals surface area contributed by atoms with Crippen molar-refractivity contribution in [1.29, 1.82) is 0 Å². The van der Waals surface area contributed by atoms with E-state index in [1.165, 1.54) is 17.7 Å². The predicted molar refractivity (Wildman–Crippen MR) is 85.7 cm³/mol. The first-order chi connectivity index (χ1) is 10.6. The normalized spacial score (nSPS) is 10.5. The van der Waals surface area contributed by atoms with E-state index in [1.807, 2.05) is 31.2 Å². The van der Waals surface area contributed by atoms with Crippen LogP contribution in [0.25, 0.3) is 0 Å². The summed E-state index contributed by atoms with van der Waals surface area (Å²) in [6.45, 7) is 3.82. The van der Waals surface area contributed by atoms with Gasteiger partial charge in [0.2, 0.25) is 5.91 Å². The summed E-state index contributed by atoms with van der Waals surface area (Å²) in [6, 6.07) is 14.4. The van der Waals surface area contributed by atoms with Crippen molar-refractivity contribution in [3.8, 4) is 0 Å². The van der Waals surface area contributed by atoms with E-state index in [4.69, 9.17) is 0 Å². The zero-order valence-electron chi connectivity index (χ0n) is 12.7. The van der Waals surface area contributed by atoms with Crippen molar-refractivity contribution < 1.29 is 9.18 Å². The fourth-order valence-electron chi connectivity index (χ4n) is 2.13. The Morgan fingerprint density at radius 1 is 1.05 bits per heavy atom. The molecule has 0 fully saturated rings. The van der Waals surface area contributed by atoms with Crippen molar-refractivity contribution >= 4 is 5.91 Å². The maximum atomic E-state index is 12.8. The molecule has 2 aromatic carbocycles. The Balaban J connectivity index is 1.64. The van der Waals surface area contributed by atoms with Gasteiger partial charge in [0, 0.05) is 26.1 Å². The maximum Gasteiger partial charge on any atom is 0.221 e. The van der Waals surface area contributed by atoms with Gasteiger partial charge in [0.25, 0.3) is 0 Å². The van der Waals surface area contributed by atoms with Crippen LogP contribution in [0.4, 0.5) is 4.39 Å². The summed E-state index contributed by atoms with van der Waals surface area (Å²) in [6.07, 6.45) is 0.424. The van der Waals surface area contributed by atoms with Gasteiger partial charge in [0.15, 0.2) is 0 Å². The third kappa shape index (κ3) is 5.30. The van der Waals surface area contributed by atoms with Crippen LogP contribution in [0.2, 0.25) is 0 Å². The molecule has 0 atom stereocenters. The minimum atomic E-state index is -0.237. The van der Waals surface area contributed by atoms with E-state index in [0.29, 0.717) is 26.1 Å². The highest BCUT2D eigenvalue weighted by Gasteiger charge is 2.02. The number of aryl methyl sites for hydroxylation is 1. The molecule has 0 aromatic heterocycles. The van der Waals surface area contributed by atoms with Crippen molar-refractivity contribution in [2.75, 3.05) is 6.54 Å². The van der Waals surface area contributed by atoms with Crippen molar-refractivity contribution in [2.45, 2.75) is 26.4 Å². The van der Waals surface area contributed by atoms with Crippen LogP contribution in [-0.2, 0) is 17.9 Å². The molecule has 116 valence electrons. The lowest BCUT2D eigenvalue weighted by molar-refractivity contribution is -0.121. The van der Waals surface area contributed by atoms with E-state index in [2.05, 4.69) is 10.6 Å². The molecule has 0 unspecified atom stereocenters. The quantitative estimate of drug-likeness (QED) is 0.772. The van der Waals surface area contributed by atoms with Crippen LogP contribution in [0.15, 0.2) is 48.5 Å². The van der Waals surface area contributed by atoms with Crippen LogP contribution in [0, 0.1) is 12.7 Å². The number of nitrogens with one attached hydrogen (secondary N) is 2. The van der Waals surface area contributed by atoms with Gasteiger partial charge < -0.3 is 10.6 Å². The highest BCUT2D eigenvalue weighted by atomic mass is 19.1. The second kappa shape index (κ2) is 8.29. The molecule has 0 spiro atoms. The van der Waals surface area contributed by atoms with E-state index in [1.54, 1.807) is 12.1 Å². The highest BCUT2D eigenvalue weighted by Crippen LogP contribution is 2.06. The summed E-state index contributed by atoms with van der Waals surface area (Å²) >= 11 is 0. The van der Waals surface area contributed by atoms with E-state index in [-0.39, 0.29) is 11.7 Å². The van der Waals surface area contributed by atoms with E-state index in [9.17, 15) is 9.18 Å². The third-order valence-corrected chi connectivity index (χ3v) is 3.51. The molecule has 0 aliphatic heterocycles. The molecule has 0 bridgehead atoms. The Labute approximate surface area is 130 Å². The largest absolute Gasteiger partial charge is 0.352 e. The number of carbonyl (C=O) groups is 1. The minimum Gasteiger partial charge on any atom is -0.352 e. The van der Waals surface area contributed by atoms with E-state index >= 15 is 0 Å². The molecule has 2 rings (SSSR count). The van der Waals surface area contributed by atoms with Crippen LogP contribution in [-0.4, -0.2) is 12.5 Å². The van der Waals surface area contributed by atoms with Crippen LogP contribution >= 0.6 is 0 Å². The lowest BCUT2D eigenvalue weighted by Crippen LogP contribution is -2.27. The first kappa shape index (κ1) is 16.2. The van der Waals surface area contributed by atoms with Gasteiger partial charge in [-0.15, -0.1) is 0 Å². The van der Waals surface area contributed by atoms with Crippen molar-refractivity contribution in [3.63, 3.8) is 0 Å². The highest BCUT2D eigenvalue weighted by molar-refractivity contribution is 5.76. The van der Waals surface area contributed by atoms with E-state index < -0.39 is 0 Å². The first-order valence-corrected chi connectivity index (χ1v) is 7.41. The maximum absolute atomic E-state index is 12.8. The lowest BCUT2D eigenvalue weighted by Gasteiger charge is -2.08. The van der Waals surface area contributed by atoms with Gasteiger partial charge in [-0.1, -0.05) is 36.4 Å². The average Bonchev–Trinajstić information content (AvgIpc) is 2.52. The first-order valence-electron chi connectivity index (χ1n) is 7.41. The summed E-state index contributed by atoms with van der Waals surface area (Å²) in [5, 5.41) is 6.10. The molecule has 3 nitrogen and oxygen atoms in total. The Morgan fingerprint density at radius 3 is 2.50 bits per heavy atom. The fourth-order valence-corrected chi connectivity index (χ4v) is 2.13. The zero-order chi connectivity index (χ0) is 15.8. The van der Waals surface area contributed by atoms with Gasteiger partial charge in [0.1, 0.15) is 5.82 Å². The molecular weight excluding hydrogens is 279 g/mol. The lowest BCUT2D eigenvalue weighted by atomic mass is 10.1. The molecule has 2 aromatic rings. The molecule has 0 aliphatic carbocycles. The molecule has 0 saturated heterocycles. The van der Waals surface area contributed by atoms with Gasteiger partial charge in [0.05, 0.1) is 0 Å². The molecular formula is C18H21FN2O. The second-order valence-corrected chi connectivity index (χ2v) is 5.26. The molecule has 0 radical (unpaired) electrons. The molecule has 0 heterocycles. The Kier molecular flexibility index (Phi) is 6.10. The van der Waals surface area contributed by atoms with Gasteiger partial charge in [-0.2, -0.15) is 0 Å². The van der Waals surface area contributed by atoms with Gasteiger partial charge in [-0.05, 0) is 35.7 Å². The Morgan fingerprint density at radius 2 is 1.77 bits per heavy atom. The van der Waals surface area contributed by atoms with Crippen molar-refractivity contribution in [3.05, 3.63) is 71.0 Å². The van der Waals surface area contributed by atoms with Crippen LogP contribution in [0.3, 0.4) is 0 Å². The van der Waals surface area contributed by atoms with E-state index in [0.717, 1.165) is 11.1 Å². The van der Waals surface area contributed by atoms with Crippen molar-refractivity contribution in [2.24, 2.45) is 0 Å². The number of carbonyl (C=O) groups excluding carboxylic acids is 1. The molecule has 0 saturated carbocycles. The van der Waals surface area contributed by atoms with Gasteiger partial charge in [-0.25, -0.2) is 4.39 Å². The number of hydrogen-bond donors (Lipinski definition) is 2. The standard InChI is InChI=1S/C18H21FN2O/c1-14-4-2-3-5-16(14)13-21-18(22)10-11-20-12-15-6-8-17(19)9-7-15/h2-9,20H,10-13H2,1H3,(H,21,22). The fraction of sp³-hybridized carbons (Fsp3) is 0.278. The topological polar surface area (TPSA) is 41.1 Å². The van der Waals surface area contributed by atoms with Crippen molar-refractivity contribution in [1.82, 2.24) is 10.6 Å².